The Bertz CT molecular complexity index is 1020. The largest absolute Gasteiger partial charge is 0.376 e. The number of anilines is 1. The molecule has 3 aromatic rings. The maximum atomic E-state index is 12.9. The van der Waals surface area contributed by atoms with E-state index in [4.69, 9.17) is 4.74 Å². The van der Waals surface area contributed by atoms with Crippen molar-refractivity contribution in [2.75, 3.05) is 18.5 Å². The summed E-state index contributed by atoms with van der Waals surface area (Å²) in [6.07, 6.45) is 2.07. The van der Waals surface area contributed by atoms with Gasteiger partial charge in [0.25, 0.3) is 11.8 Å². The zero-order chi connectivity index (χ0) is 19.5. The number of thiophene rings is 1. The molecule has 0 bridgehead atoms. The second-order valence-electron chi connectivity index (χ2n) is 6.90. The molecule has 2 aromatic carbocycles. The van der Waals surface area contributed by atoms with Crippen molar-refractivity contribution >= 4 is 38.9 Å². The molecule has 0 saturated carbocycles. The molecule has 1 saturated heterocycles. The van der Waals surface area contributed by atoms with Crippen LogP contribution in [0.2, 0.25) is 0 Å². The normalized spacial score (nSPS) is 16.2. The minimum absolute atomic E-state index is 0.0758. The lowest BCUT2D eigenvalue weighted by molar-refractivity contribution is 0.0858. The summed E-state index contributed by atoms with van der Waals surface area (Å²) >= 11 is 1.46. The van der Waals surface area contributed by atoms with Crippen LogP contribution in [0.25, 0.3) is 10.1 Å². The Labute approximate surface area is 167 Å². The molecule has 2 heterocycles. The standard InChI is InChI=1S/C22H22N2O3S/c1-14-16-8-3-5-11-19(16)28-20(14)22(26)24-18-10-4-2-9-17(18)21(25)23-13-15-7-6-12-27-15/h2-5,8-11,15H,6-7,12-13H2,1H3,(H,23,25)(H,24,26). The fourth-order valence-corrected chi connectivity index (χ4v) is 4.57. The number of amides is 2. The van der Waals surface area contributed by atoms with E-state index in [1.54, 1.807) is 18.2 Å². The first kappa shape index (κ1) is 18.7. The zero-order valence-electron chi connectivity index (χ0n) is 15.7. The number of hydrogen-bond donors (Lipinski definition) is 2. The van der Waals surface area contributed by atoms with Gasteiger partial charge in [0.2, 0.25) is 0 Å². The lowest BCUT2D eigenvalue weighted by Gasteiger charge is -2.13. The lowest BCUT2D eigenvalue weighted by atomic mass is 10.1. The van der Waals surface area contributed by atoms with Crippen LogP contribution >= 0.6 is 11.3 Å². The first-order valence-corrected chi connectivity index (χ1v) is 10.2. The number of benzene rings is 2. The number of hydrogen-bond acceptors (Lipinski definition) is 4. The van der Waals surface area contributed by atoms with E-state index in [2.05, 4.69) is 10.6 Å². The number of fused-ring (bicyclic) bond motifs is 1. The summed E-state index contributed by atoms with van der Waals surface area (Å²) in [5.74, 6) is -0.405. The van der Waals surface area contributed by atoms with Crippen LogP contribution in [-0.4, -0.2) is 31.1 Å². The van der Waals surface area contributed by atoms with Crippen LogP contribution in [0.15, 0.2) is 48.5 Å². The molecule has 1 aliphatic rings. The molecule has 1 aliphatic heterocycles. The minimum atomic E-state index is -0.209. The van der Waals surface area contributed by atoms with Crippen molar-refractivity contribution in [1.29, 1.82) is 0 Å². The van der Waals surface area contributed by atoms with Gasteiger partial charge in [0.05, 0.1) is 22.2 Å². The van der Waals surface area contributed by atoms with E-state index in [-0.39, 0.29) is 17.9 Å². The SMILES string of the molecule is Cc1c(C(=O)Nc2ccccc2C(=O)NCC2CCCO2)sc2ccccc12. The van der Waals surface area contributed by atoms with Crippen LogP contribution in [0.3, 0.4) is 0 Å². The molecule has 2 N–H and O–H groups in total. The summed E-state index contributed by atoms with van der Waals surface area (Å²) in [4.78, 5) is 26.2. The van der Waals surface area contributed by atoms with Crippen LogP contribution < -0.4 is 10.6 Å². The van der Waals surface area contributed by atoms with E-state index in [0.29, 0.717) is 22.7 Å². The van der Waals surface area contributed by atoms with Crippen molar-refractivity contribution in [2.24, 2.45) is 0 Å². The highest BCUT2D eigenvalue weighted by Crippen LogP contribution is 2.31. The van der Waals surface area contributed by atoms with Gasteiger partial charge in [0, 0.05) is 17.9 Å². The van der Waals surface area contributed by atoms with Gasteiger partial charge in [-0.2, -0.15) is 0 Å². The van der Waals surface area contributed by atoms with E-state index in [1.165, 1.54) is 11.3 Å². The molecule has 144 valence electrons. The number of nitrogens with one attached hydrogen (secondary N) is 2. The molecule has 0 radical (unpaired) electrons. The van der Waals surface area contributed by atoms with Crippen molar-refractivity contribution in [3.8, 4) is 0 Å². The molecule has 0 spiro atoms. The quantitative estimate of drug-likeness (QED) is 0.675. The van der Waals surface area contributed by atoms with Crippen LogP contribution in [0.1, 0.15) is 38.4 Å². The van der Waals surface area contributed by atoms with Gasteiger partial charge < -0.3 is 15.4 Å². The first-order chi connectivity index (χ1) is 13.6. The van der Waals surface area contributed by atoms with E-state index in [1.807, 2.05) is 37.3 Å². The Hall–Kier alpha value is -2.70. The van der Waals surface area contributed by atoms with Crippen LogP contribution in [-0.2, 0) is 4.74 Å². The second-order valence-corrected chi connectivity index (χ2v) is 7.95. The predicted molar refractivity (Wildman–Crippen MR) is 112 cm³/mol. The number of carbonyl (C=O) groups is 2. The maximum Gasteiger partial charge on any atom is 0.266 e. The number of para-hydroxylation sites is 1. The van der Waals surface area contributed by atoms with Crippen LogP contribution in [0.4, 0.5) is 5.69 Å². The summed E-state index contributed by atoms with van der Waals surface area (Å²) < 4.78 is 6.63. The molecule has 1 fully saturated rings. The molecular weight excluding hydrogens is 372 g/mol. The van der Waals surface area contributed by atoms with Crippen molar-refractivity contribution in [1.82, 2.24) is 5.32 Å². The van der Waals surface area contributed by atoms with Gasteiger partial charge in [-0.25, -0.2) is 0 Å². The topological polar surface area (TPSA) is 67.4 Å². The van der Waals surface area contributed by atoms with Gasteiger partial charge in [-0.1, -0.05) is 30.3 Å². The molecule has 1 unspecified atom stereocenters. The van der Waals surface area contributed by atoms with Crippen molar-refractivity contribution < 1.29 is 14.3 Å². The lowest BCUT2D eigenvalue weighted by Crippen LogP contribution is -2.32. The minimum Gasteiger partial charge on any atom is -0.376 e. The van der Waals surface area contributed by atoms with Gasteiger partial charge >= 0.3 is 0 Å². The molecule has 1 atom stereocenters. The zero-order valence-corrected chi connectivity index (χ0v) is 16.5. The summed E-state index contributed by atoms with van der Waals surface area (Å²) in [6.45, 7) is 3.19. The molecular formula is C22H22N2O3S. The van der Waals surface area contributed by atoms with E-state index >= 15 is 0 Å². The Morgan fingerprint density at radius 1 is 1.11 bits per heavy atom. The van der Waals surface area contributed by atoms with E-state index in [9.17, 15) is 9.59 Å². The fourth-order valence-electron chi connectivity index (χ4n) is 3.47. The smallest absolute Gasteiger partial charge is 0.266 e. The average Bonchev–Trinajstić information content (AvgIpc) is 3.35. The molecule has 2 amide bonds. The van der Waals surface area contributed by atoms with Crippen molar-refractivity contribution in [3.63, 3.8) is 0 Å². The summed E-state index contributed by atoms with van der Waals surface area (Å²) in [7, 11) is 0. The van der Waals surface area contributed by atoms with Crippen LogP contribution in [0.5, 0.6) is 0 Å². The monoisotopic (exact) mass is 394 g/mol. The highest BCUT2D eigenvalue weighted by atomic mass is 32.1. The third-order valence-electron chi connectivity index (χ3n) is 4.98. The molecule has 28 heavy (non-hydrogen) atoms. The molecule has 0 aliphatic carbocycles. The number of rotatable bonds is 5. The van der Waals surface area contributed by atoms with Gasteiger partial charge in [-0.3, -0.25) is 9.59 Å². The second kappa shape index (κ2) is 8.12. The first-order valence-electron chi connectivity index (χ1n) is 9.42. The Kier molecular flexibility index (Phi) is 5.41. The molecule has 6 heteroatoms. The third kappa shape index (κ3) is 3.79. The Morgan fingerprint density at radius 2 is 1.89 bits per heavy atom. The van der Waals surface area contributed by atoms with Gasteiger partial charge in [-0.05, 0) is 48.9 Å². The predicted octanol–water partition coefficient (Wildman–Crippen LogP) is 4.37. The van der Waals surface area contributed by atoms with Crippen LogP contribution in [0, 0.1) is 6.92 Å². The van der Waals surface area contributed by atoms with Crippen molar-refractivity contribution in [3.05, 3.63) is 64.5 Å². The van der Waals surface area contributed by atoms with Crippen molar-refractivity contribution in [2.45, 2.75) is 25.9 Å². The molecule has 1 aromatic heterocycles. The molecule has 4 rings (SSSR count). The number of aryl methyl sites for hydroxylation is 1. The summed E-state index contributed by atoms with van der Waals surface area (Å²) in [6, 6.07) is 15.0. The average molecular weight is 394 g/mol. The number of carbonyl (C=O) groups excluding carboxylic acids is 2. The summed E-state index contributed by atoms with van der Waals surface area (Å²) in [5.41, 5.74) is 1.92. The van der Waals surface area contributed by atoms with Gasteiger partial charge in [-0.15, -0.1) is 11.3 Å². The highest BCUT2D eigenvalue weighted by molar-refractivity contribution is 7.21. The molecule has 5 nitrogen and oxygen atoms in total. The van der Waals surface area contributed by atoms with E-state index < -0.39 is 0 Å². The maximum absolute atomic E-state index is 12.9. The number of ether oxygens (including phenoxy) is 1. The highest BCUT2D eigenvalue weighted by Gasteiger charge is 2.20. The Balaban J connectivity index is 1.52. The van der Waals surface area contributed by atoms with Gasteiger partial charge in [0.15, 0.2) is 0 Å². The third-order valence-corrected chi connectivity index (χ3v) is 6.26. The summed E-state index contributed by atoms with van der Waals surface area (Å²) in [5, 5.41) is 6.91. The fraction of sp³-hybridized carbons (Fsp3) is 0.273. The van der Waals surface area contributed by atoms with Gasteiger partial charge in [0.1, 0.15) is 0 Å². The Morgan fingerprint density at radius 3 is 2.68 bits per heavy atom. The van der Waals surface area contributed by atoms with E-state index in [0.717, 1.165) is 35.1 Å².